The van der Waals surface area contributed by atoms with Crippen LogP contribution in [0.25, 0.3) is 22.5 Å². The van der Waals surface area contributed by atoms with Crippen molar-refractivity contribution in [2.45, 2.75) is 12.1 Å². The van der Waals surface area contributed by atoms with Crippen LogP contribution >= 0.6 is 0 Å². The van der Waals surface area contributed by atoms with Crippen LogP contribution in [0, 0.1) is 0 Å². The van der Waals surface area contributed by atoms with Gasteiger partial charge in [0, 0.05) is 11.1 Å². The van der Waals surface area contributed by atoms with E-state index in [1.165, 1.54) is 0 Å². The molecule has 1 aromatic heterocycles. The topological polar surface area (TPSA) is 65.2 Å². The molecule has 0 amide bonds. The maximum atomic E-state index is 4.68. The van der Waals surface area contributed by atoms with Gasteiger partial charge in [-0.25, -0.2) is 15.4 Å². The van der Waals surface area contributed by atoms with Crippen molar-refractivity contribution in [2.75, 3.05) is 12.5 Å². The van der Waals surface area contributed by atoms with E-state index in [9.17, 15) is 0 Å². The fraction of sp³-hybridized carbons (Fsp3) is 0.120. The number of allylic oxidation sites excluding steroid dienone is 2. The summed E-state index contributed by atoms with van der Waals surface area (Å²) in [5.74, 6) is 1.40. The van der Waals surface area contributed by atoms with Crippen LogP contribution in [0.1, 0.15) is 0 Å². The van der Waals surface area contributed by atoms with E-state index in [2.05, 4.69) is 61.7 Å². The van der Waals surface area contributed by atoms with E-state index in [0.29, 0.717) is 12.0 Å². The second-order valence-electron chi connectivity index (χ2n) is 7.49. The zero-order valence-corrected chi connectivity index (χ0v) is 17.2. The molecule has 152 valence electrons. The summed E-state index contributed by atoms with van der Waals surface area (Å²) in [4.78, 5) is 9.37. The number of nitrogens with one attached hydrogen (secondary N) is 2. The molecule has 0 radical (unpaired) electrons. The molecular weight excluding hydrogens is 384 g/mol. The second-order valence-corrected chi connectivity index (χ2v) is 7.49. The van der Waals surface area contributed by atoms with Crippen LogP contribution < -0.4 is 10.7 Å². The van der Waals surface area contributed by atoms with Crippen molar-refractivity contribution in [1.29, 1.82) is 0 Å². The third kappa shape index (κ3) is 4.00. The Morgan fingerprint density at radius 1 is 0.903 bits per heavy atom. The Hall–Kier alpha value is -4.06. The molecule has 5 rings (SSSR count). The summed E-state index contributed by atoms with van der Waals surface area (Å²) in [5, 5.41) is 7.89. The summed E-state index contributed by atoms with van der Waals surface area (Å²) in [6.07, 6.45) is 10.3. The highest BCUT2D eigenvalue weighted by molar-refractivity contribution is 6.27. The lowest BCUT2D eigenvalue weighted by atomic mass is 10.0. The van der Waals surface area contributed by atoms with E-state index < -0.39 is 0 Å². The van der Waals surface area contributed by atoms with Crippen LogP contribution in [0.4, 0.5) is 5.95 Å². The largest absolute Gasteiger partial charge is 0.291 e. The van der Waals surface area contributed by atoms with Crippen molar-refractivity contribution in [2.24, 2.45) is 5.10 Å². The van der Waals surface area contributed by atoms with Crippen LogP contribution in [-0.2, 0) is 0 Å². The Balaban J connectivity index is 1.43. The Kier molecular flexibility index (Phi) is 5.10. The van der Waals surface area contributed by atoms with Crippen molar-refractivity contribution in [3.8, 4) is 22.5 Å². The van der Waals surface area contributed by atoms with Gasteiger partial charge in [0.05, 0.1) is 18.4 Å². The average Bonchev–Trinajstić information content (AvgIpc) is 3.15. The average molecular weight is 408 g/mol. The van der Waals surface area contributed by atoms with Gasteiger partial charge < -0.3 is 0 Å². The van der Waals surface area contributed by atoms with E-state index in [1.807, 2.05) is 66.7 Å². The number of hydrogen-bond donors (Lipinski definition) is 2. The van der Waals surface area contributed by atoms with Gasteiger partial charge in [-0.05, 0) is 18.2 Å². The third-order valence-corrected chi connectivity index (χ3v) is 5.46. The van der Waals surface area contributed by atoms with Crippen molar-refractivity contribution >= 4 is 18.0 Å². The molecule has 0 unspecified atom stereocenters. The van der Waals surface area contributed by atoms with E-state index in [-0.39, 0.29) is 6.04 Å². The quantitative estimate of drug-likeness (QED) is 0.384. The van der Waals surface area contributed by atoms with Crippen molar-refractivity contribution < 1.29 is 4.58 Å². The number of hydrogen-bond acceptors (Lipinski definition) is 5. The Labute approximate surface area is 181 Å². The van der Waals surface area contributed by atoms with Gasteiger partial charge >= 0.3 is 0 Å². The fourth-order valence-electron chi connectivity index (χ4n) is 3.82. The molecule has 0 spiro atoms. The van der Waals surface area contributed by atoms with E-state index in [0.717, 1.165) is 28.4 Å². The normalized spacial score (nSPS) is 19.5. The predicted octanol–water partition coefficient (Wildman–Crippen LogP) is 3.72. The van der Waals surface area contributed by atoms with Gasteiger partial charge in [0.15, 0.2) is 12.1 Å². The lowest BCUT2D eigenvalue weighted by Gasteiger charge is -2.10. The highest BCUT2D eigenvalue weighted by Crippen LogP contribution is 2.25. The molecule has 3 aromatic rings. The number of anilines is 1. The number of nitrogens with zero attached hydrogens (tertiary/aromatic N) is 4. The van der Waals surface area contributed by atoms with Crippen LogP contribution in [0.3, 0.4) is 0 Å². The molecule has 31 heavy (non-hydrogen) atoms. The first-order chi connectivity index (χ1) is 15.3. The minimum absolute atomic E-state index is 0.263. The van der Waals surface area contributed by atoms with Crippen LogP contribution in [0.5, 0.6) is 0 Å². The highest BCUT2D eigenvalue weighted by atomic mass is 15.4. The lowest BCUT2D eigenvalue weighted by Crippen LogP contribution is -2.34. The standard InChI is InChI=1S/C25H22N6/c1-31-23-15-9-8-14-20(23)27-24(31)17-26-30-25-28-21(18-10-4-2-5-11-18)16-22(29-25)19-12-6-3-7-13-19/h2-17,20,23H,1H3,(H,27,28,29,30)/p+1/t20-,23+/m1/s1. The van der Waals surface area contributed by atoms with E-state index in [1.54, 1.807) is 6.21 Å². The molecule has 2 aliphatic rings. The highest BCUT2D eigenvalue weighted by Gasteiger charge is 2.35. The lowest BCUT2D eigenvalue weighted by molar-refractivity contribution is -0.515. The van der Waals surface area contributed by atoms with Gasteiger partial charge in [0.1, 0.15) is 6.21 Å². The van der Waals surface area contributed by atoms with Gasteiger partial charge in [-0.15, -0.1) is 0 Å². The molecule has 1 aliphatic carbocycles. The first-order valence-electron chi connectivity index (χ1n) is 10.3. The van der Waals surface area contributed by atoms with E-state index >= 15 is 0 Å². The monoisotopic (exact) mass is 407 g/mol. The molecular formula is C25H23N6+. The molecule has 0 bridgehead atoms. The Morgan fingerprint density at radius 2 is 1.52 bits per heavy atom. The van der Waals surface area contributed by atoms with Crippen molar-refractivity contribution in [3.05, 3.63) is 91.0 Å². The van der Waals surface area contributed by atoms with Gasteiger partial charge in [-0.1, -0.05) is 72.8 Å². The first kappa shape index (κ1) is 18.9. The van der Waals surface area contributed by atoms with Gasteiger partial charge in [-0.3, -0.25) is 9.89 Å². The summed E-state index contributed by atoms with van der Waals surface area (Å²) in [7, 11) is 2.06. The maximum absolute atomic E-state index is 4.68. The second kappa shape index (κ2) is 8.36. The van der Waals surface area contributed by atoms with Crippen LogP contribution in [0.15, 0.2) is 96.1 Å². The molecule has 0 fully saturated rings. The summed E-state index contributed by atoms with van der Waals surface area (Å²) in [6, 6.07) is 22.7. The van der Waals surface area contributed by atoms with Crippen LogP contribution in [0.2, 0.25) is 0 Å². The predicted molar refractivity (Wildman–Crippen MR) is 125 cm³/mol. The van der Waals surface area contributed by atoms with Gasteiger partial charge in [0.2, 0.25) is 5.95 Å². The smallest absolute Gasteiger partial charge is 0.262 e. The number of hydrazone groups is 1. The number of rotatable bonds is 5. The Morgan fingerprint density at radius 3 is 2.13 bits per heavy atom. The van der Waals surface area contributed by atoms with Gasteiger partial charge in [0.25, 0.3) is 5.84 Å². The first-order valence-corrected chi connectivity index (χ1v) is 10.3. The number of fused-ring (bicyclic) bond motifs is 1. The van der Waals surface area contributed by atoms with Crippen LogP contribution in [-0.4, -0.2) is 45.7 Å². The molecule has 2 heterocycles. The number of benzene rings is 2. The molecule has 2 atom stereocenters. The molecule has 2 aromatic carbocycles. The summed E-state index contributed by atoms with van der Waals surface area (Å²) >= 11 is 0. The molecule has 0 saturated carbocycles. The third-order valence-electron chi connectivity index (χ3n) is 5.46. The zero-order valence-electron chi connectivity index (χ0n) is 17.2. The van der Waals surface area contributed by atoms with Crippen molar-refractivity contribution in [1.82, 2.24) is 15.3 Å². The maximum Gasteiger partial charge on any atom is 0.291 e. The number of aromatic nitrogens is 2. The summed E-state index contributed by atoms with van der Waals surface area (Å²) in [5.41, 5.74) is 6.77. The Bertz CT molecular complexity index is 1140. The zero-order chi connectivity index (χ0) is 21.0. The van der Waals surface area contributed by atoms with E-state index in [4.69, 9.17) is 0 Å². The van der Waals surface area contributed by atoms with Gasteiger partial charge in [-0.2, -0.15) is 5.10 Å². The summed E-state index contributed by atoms with van der Waals surface area (Å²) < 4.78 is 2.17. The minimum atomic E-state index is 0.263. The molecule has 2 N–H and O–H groups in total. The molecule has 6 nitrogen and oxygen atoms in total. The molecule has 1 aliphatic heterocycles. The van der Waals surface area contributed by atoms with Crippen molar-refractivity contribution in [3.63, 3.8) is 0 Å². The minimum Gasteiger partial charge on any atom is -0.262 e. The molecule has 6 heteroatoms. The molecule has 0 saturated heterocycles. The SMILES string of the molecule is C[N+]1=C(/C=N/Nc2nc(-c3ccccc3)cc(-c3ccccc3)n2)N[C@@H]2C=CC=C[C@@H]21. The fourth-order valence-corrected chi connectivity index (χ4v) is 3.82. The number of amidine groups is 1. The number of likely N-dealkylation sites (N-methyl/N-ethyl adjacent to an activating group) is 1. The summed E-state index contributed by atoms with van der Waals surface area (Å²) in [6.45, 7) is 0.